The minimum atomic E-state index is 0.332. The molecule has 6 N–H and O–H groups in total. The van der Waals surface area contributed by atoms with E-state index in [2.05, 4.69) is 27.4 Å². The van der Waals surface area contributed by atoms with E-state index in [4.69, 9.17) is 16.9 Å². The molecule has 1 aliphatic heterocycles. The lowest BCUT2D eigenvalue weighted by atomic mass is 9.93. The lowest BCUT2D eigenvalue weighted by molar-refractivity contribution is 0.653. The normalized spacial score (nSPS) is 17.3. The van der Waals surface area contributed by atoms with Gasteiger partial charge in [-0.2, -0.15) is 0 Å². The van der Waals surface area contributed by atoms with Crippen LogP contribution in [0.4, 0.5) is 5.82 Å². The second-order valence-corrected chi connectivity index (χ2v) is 6.73. The lowest BCUT2D eigenvalue weighted by Gasteiger charge is -2.16. The van der Waals surface area contributed by atoms with Crippen molar-refractivity contribution in [3.63, 3.8) is 0 Å². The van der Waals surface area contributed by atoms with E-state index in [9.17, 15) is 0 Å². The van der Waals surface area contributed by atoms with Crippen molar-refractivity contribution >= 4 is 28.4 Å². The topological polar surface area (TPSA) is 114 Å². The van der Waals surface area contributed by atoms with Crippen LogP contribution in [0.15, 0.2) is 49.1 Å². The van der Waals surface area contributed by atoms with Gasteiger partial charge in [-0.05, 0) is 60.2 Å². The number of nitrogen functional groups attached to an aromatic ring is 1. The molecule has 27 heavy (non-hydrogen) atoms. The third-order valence-electron chi connectivity index (χ3n) is 5.12. The Bertz CT molecular complexity index is 1030. The second-order valence-electron chi connectivity index (χ2n) is 6.73. The molecule has 0 aliphatic carbocycles. The fraction of sp³-hybridized carbons (Fsp3) is 0.190. The standard InChI is InChI=1S/C21H22N6/c22-9-16(10-23)17-8-15(11-27-21(17)24)14-6-13-3-5-25-12-19(13)18(7-14)20-2-1-4-26-20/h3,5-12,20,22,26H,1-2,4,23H2,(H2,24,27)/b16-10+,22-9?. The summed E-state index contributed by atoms with van der Waals surface area (Å²) in [5.41, 5.74) is 16.1. The quantitative estimate of drug-likeness (QED) is 0.535. The van der Waals surface area contributed by atoms with E-state index >= 15 is 0 Å². The van der Waals surface area contributed by atoms with Crippen LogP contribution >= 0.6 is 0 Å². The van der Waals surface area contributed by atoms with Gasteiger partial charge in [-0.25, -0.2) is 4.98 Å². The molecule has 1 aromatic carbocycles. The zero-order valence-corrected chi connectivity index (χ0v) is 14.9. The zero-order valence-electron chi connectivity index (χ0n) is 14.9. The molecule has 6 heteroatoms. The minimum Gasteiger partial charge on any atom is -0.404 e. The number of allylic oxidation sites excluding steroid dienone is 1. The van der Waals surface area contributed by atoms with Crippen LogP contribution in [0.1, 0.15) is 30.0 Å². The first-order valence-electron chi connectivity index (χ1n) is 9.01. The molecule has 0 saturated carbocycles. The number of fused-ring (bicyclic) bond motifs is 1. The minimum absolute atomic E-state index is 0.332. The smallest absolute Gasteiger partial charge is 0.131 e. The maximum Gasteiger partial charge on any atom is 0.131 e. The third kappa shape index (κ3) is 3.15. The lowest BCUT2D eigenvalue weighted by Crippen LogP contribution is -2.13. The predicted octanol–water partition coefficient (Wildman–Crippen LogP) is 3.25. The number of nitrogens with zero attached hydrogens (tertiary/aromatic N) is 2. The van der Waals surface area contributed by atoms with Crippen molar-refractivity contribution in [2.45, 2.75) is 18.9 Å². The van der Waals surface area contributed by atoms with Gasteiger partial charge in [-0.1, -0.05) is 0 Å². The summed E-state index contributed by atoms with van der Waals surface area (Å²) >= 11 is 0. The van der Waals surface area contributed by atoms with Gasteiger partial charge in [0, 0.05) is 59.1 Å². The van der Waals surface area contributed by atoms with E-state index in [0.717, 1.165) is 29.5 Å². The maximum atomic E-state index is 7.55. The van der Waals surface area contributed by atoms with Gasteiger partial charge < -0.3 is 22.2 Å². The molecular formula is C21H22N6. The Balaban J connectivity index is 1.89. The van der Waals surface area contributed by atoms with Gasteiger partial charge in [0.1, 0.15) is 5.82 Å². The van der Waals surface area contributed by atoms with Crippen LogP contribution in [0.2, 0.25) is 0 Å². The summed E-state index contributed by atoms with van der Waals surface area (Å²) in [7, 11) is 0. The highest BCUT2D eigenvalue weighted by Crippen LogP contribution is 2.35. The second kappa shape index (κ2) is 7.17. The molecule has 1 fully saturated rings. The van der Waals surface area contributed by atoms with Gasteiger partial charge in [-0.15, -0.1) is 0 Å². The molecule has 1 atom stereocenters. The number of nitrogens with one attached hydrogen (secondary N) is 2. The van der Waals surface area contributed by atoms with Crippen LogP contribution in [-0.4, -0.2) is 22.7 Å². The highest BCUT2D eigenvalue weighted by Gasteiger charge is 2.20. The molecule has 1 unspecified atom stereocenters. The molecule has 1 aliphatic rings. The largest absolute Gasteiger partial charge is 0.404 e. The molecular weight excluding hydrogens is 336 g/mol. The Morgan fingerprint density at radius 2 is 2.11 bits per heavy atom. The van der Waals surface area contributed by atoms with Gasteiger partial charge >= 0.3 is 0 Å². The van der Waals surface area contributed by atoms with E-state index in [-0.39, 0.29) is 0 Å². The molecule has 2 aromatic heterocycles. The Labute approximate surface area is 157 Å². The average molecular weight is 358 g/mol. The Morgan fingerprint density at radius 1 is 1.22 bits per heavy atom. The third-order valence-corrected chi connectivity index (χ3v) is 5.12. The van der Waals surface area contributed by atoms with E-state index in [1.54, 1.807) is 6.20 Å². The molecule has 6 nitrogen and oxygen atoms in total. The van der Waals surface area contributed by atoms with E-state index in [1.807, 2.05) is 24.5 Å². The van der Waals surface area contributed by atoms with Crippen LogP contribution < -0.4 is 16.8 Å². The maximum absolute atomic E-state index is 7.55. The monoisotopic (exact) mass is 358 g/mol. The van der Waals surface area contributed by atoms with Crippen molar-refractivity contribution in [1.29, 1.82) is 5.41 Å². The number of anilines is 1. The first kappa shape index (κ1) is 17.2. The van der Waals surface area contributed by atoms with Gasteiger partial charge in [0.15, 0.2) is 0 Å². The summed E-state index contributed by atoms with van der Waals surface area (Å²) in [4.78, 5) is 8.65. The van der Waals surface area contributed by atoms with Crippen LogP contribution in [0.25, 0.3) is 27.5 Å². The molecule has 4 rings (SSSR count). The Hall–Kier alpha value is -3.25. The van der Waals surface area contributed by atoms with Crippen molar-refractivity contribution in [3.05, 3.63) is 60.2 Å². The number of benzene rings is 1. The molecule has 0 amide bonds. The Morgan fingerprint density at radius 3 is 2.85 bits per heavy atom. The fourth-order valence-corrected chi connectivity index (χ4v) is 3.71. The number of pyridine rings is 2. The first-order chi connectivity index (χ1) is 13.2. The van der Waals surface area contributed by atoms with Crippen molar-refractivity contribution < 1.29 is 0 Å². The van der Waals surface area contributed by atoms with Gasteiger partial charge in [0.05, 0.1) is 0 Å². The predicted molar refractivity (Wildman–Crippen MR) is 110 cm³/mol. The molecule has 136 valence electrons. The molecule has 3 aromatic rings. The van der Waals surface area contributed by atoms with Gasteiger partial charge in [-0.3, -0.25) is 4.98 Å². The molecule has 0 spiro atoms. The molecule has 0 bridgehead atoms. The van der Waals surface area contributed by atoms with E-state index in [1.165, 1.54) is 29.8 Å². The van der Waals surface area contributed by atoms with Crippen LogP contribution in [0.5, 0.6) is 0 Å². The zero-order chi connectivity index (χ0) is 18.8. The summed E-state index contributed by atoms with van der Waals surface area (Å²) < 4.78 is 0. The fourth-order valence-electron chi connectivity index (χ4n) is 3.71. The number of nitrogens with two attached hydrogens (primary N) is 2. The van der Waals surface area contributed by atoms with Crippen molar-refractivity contribution in [2.75, 3.05) is 12.3 Å². The van der Waals surface area contributed by atoms with Crippen molar-refractivity contribution in [1.82, 2.24) is 15.3 Å². The summed E-state index contributed by atoms with van der Waals surface area (Å²) in [6, 6.07) is 8.66. The van der Waals surface area contributed by atoms with Gasteiger partial charge in [0.25, 0.3) is 0 Å². The highest BCUT2D eigenvalue weighted by atomic mass is 14.9. The van der Waals surface area contributed by atoms with Crippen LogP contribution in [0, 0.1) is 5.41 Å². The summed E-state index contributed by atoms with van der Waals surface area (Å²) in [5.74, 6) is 0.363. The average Bonchev–Trinajstić information content (AvgIpc) is 3.24. The summed E-state index contributed by atoms with van der Waals surface area (Å²) in [5, 5.41) is 13.5. The van der Waals surface area contributed by atoms with E-state index in [0.29, 0.717) is 23.0 Å². The number of aromatic nitrogens is 2. The van der Waals surface area contributed by atoms with Crippen molar-refractivity contribution in [2.24, 2.45) is 5.73 Å². The number of rotatable bonds is 4. The number of hydrogen-bond donors (Lipinski definition) is 4. The summed E-state index contributed by atoms with van der Waals surface area (Å²) in [6.45, 7) is 1.04. The molecule has 3 heterocycles. The number of hydrogen-bond acceptors (Lipinski definition) is 6. The van der Waals surface area contributed by atoms with E-state index < -0.39 is 0 Å². The highest BCUT2D eigenvalue weighted by molar-refractivity contribution is 6.10. The molecule has 1 saturated heterocycles. The van der Waals surface area contributed by atoms with Crippen LogP contribution in [0.3, 0.4) is 0 Å². The summed E-state index contributed by atoms with van der Waals surface area (Å²) in [6.07, 6.45) is 10.4. The van der Waals surface area contributed by atoms with Crippen LogP contribution in [-0.2, 0) is 0 Å². The SMILES string of the molecule is N=C/C(=C\N)c1cc(-c2cc(C3CCCN3)c3cnccc3c2)cnc1N. The molecule has 0 radical (unpaired) electrons. The Kier molecular flexibility index (Phi) is 4.56. The first-order valence-corrected chi connectivity index (χ1v) is 9.01. The van der Waals surface area contributed by atoms with Gasteiger partial charge in [0.2, 0.25) is 0 Å². The van der Waals surface area contributed by atoms with Crippen molar-refractivity contribution in [3.8, 4) is 11.1 Å².